The van der Waals surface area contributed by atoms with Gasteiger partial charge in [0, 0.05) is 25.8 Å². The first-order valence-electron chi connectivity index (χ1n) is 8.23. The number of nitrogens with zero attached hydrogens (tertiary/aromatic N) is 1. The maximum atomic E-state index is 12.6. The number of amides is 1. The molecule has 0 aliphatic carbocycles. The van der Waals surface area contributed by atoms with Gasteiger partial charge in [-0.05, 0) is 56.6 Å². The van der Waals surface area contributed by atoms with Crippen molar-refractivity contribution >= 4 is 15.7 Å². The molecule has 6 nitrogen and oxygen atoms in total. The summed E-state index contributed by atoms with van der Waals surface area (Å²) in [6, 6.07) is 6.22. The third kappa shape index (κ3) is 4.78. The van der Waals surface area contributed by atoms with Crippen molar-refractivity contribution in [1.29, 1.82) is 0 Å². The summed E-state index contributed by atoms with van der Waals surface area (Å²) in [7, 11) is 0.0256. The van der Waals surface area contributed by atoms with E-state index in [1.165, 1.54) is 19.2 Å². The molecular weight excluding hydrogens is 328 g/mol. The molecule has 1 aliphatic heterocycles. The minimum absolute atomic E-state index is 0.0309. The molecule has 24 heavy (non-hydrogen) atoms. The van der Waals surface area contributed by atoms with Crippen molar-refractivity contribution in [1.82, 2.24) is 10.2 Å². The number of benzene rings is 1. The second kappa shape index (κ2) is 8.60. The van der Waals surface area contributed by atoms with Gasteiger partial charge in [-0.1, -0.05) is 0 Å². The molecule has 1 unspecified atom stereocenters. The predicted molar refractivity (Wildman–Crippen MR) is 92.9 cm³/mol. The van der Waals surface area contributed by atoms with Crippen LogP contribution in [0.15, 0.2) is 29.2 Å². The first kappa shape index (κ1) is 18.9. The van der Waals surface area contributed by atoms with E-state index in [0.717, 1.165) is 32.5 Å². The molecular formula is C17H26N2O4S. The lowest BCUT2D eigenvalue weighted by Gasteiger charge is -2.32. The monoisotopic (exact) mass is 354 g/mol. The van der Waals surface area contributed by atoms with E-state index < -0.39 is 9.84 Å². The molecule has 2 rings (SSSR count). The molecule has 7 heteroatoms. The summed E-state index contributed by atoms with van der Waals surface area (Å²) >= 11 is 0. The summed E-state index contributed by atoms with van der Waals surface area (Å²) in [5.74, 6) is 0.382. The van der Waals surface area contributed by atoms with Gasteiger partial charge in [0.25, 0.3) is 5.91 Å². The number of piperidine rings is 1. The van der Waals surface area contributed by atoms with Crippen molar-refractivity contribution in [2.45, 2.75) is 17.7 Å². The summed E-state index contributed by atoms with van der Waals surface area (Å²) < 4.78 is 29.0. The lowest BCUT2D eigenvalue weighted by Crippen LogP contribution is -2.42. The van der Waals surface area contributed by atoms with Crippen molar-refractivity contribution in [2.75, 3.05) is 46.2 Å². The Bertz CT molecular complexity index is 641. The molecule has 0 radical (unpaired) electrons. The molecule has 1 aromatic rings. The van der Waals surface area contributed by atoms with Crippen LogP contribution in [0.25, 0.3) is 0 Å². The predicted octanol–water partition coefficient (Wildman–Crippen LogP) is 1.18. The van der Waals surface area contributed by atoms with E-state index in [2.05, 4.69) is 5.32 Å². The van der Waals surface area contributed by atoms with Crippen LogP contribution in [0.5, 0.6) is 0 Å². The molecule has 134 valence electrons. The molecule has 1 aromatic carbocycles. The maximum absolute atomic E-state index is 12.6. The zero-order chi connectivity index (χ0) is 17.6. The van der Waals surface area contributed by atoms with Crippen LogP contribution >= 0.6 is 0 Å². The van der Waals surface area contributed by atoms with Gasteiger partial charge >= 0.3 is 0 Å². The van der Waals surface area contributed by atoms with Gasteiger partial charge in [-0.3, -0.25) is 4.79 Å². The zero-order valence-electron chi connectivity index (χ0n) is 14.3. The highest BCUT2D eigenvalue weighted by atomic mass is 32.2. The van der Waals surface area contributed by atoms with E-state index in [0.29, 0.717) is 11.5 Å². The van der Waals surface area contributed by atoms with Crippen LogP contribution in [-0.4, -0.2) is 65.4 Å². The normalized spacial score (nSPS) is 18.6. The average molecular weight is 354 g/mol. The van der Waals surface area contributed by atoms with E-state index in [1.54, 1.807) is 12.1 Å². The molecule has 0 spiro atoms. The van der Waals surface area contributed by atoms with Gasteiger partial charge in [0.2, 0.25) is 0 Å². The number of carbonyl (C=O) groups excluding carboxylic acids is 1. The summed E-state index contributed by atoms with van der Waals surface area (Å²) in [6.45, 7) is 2.56. The number of rotatable bonds is 7. The number of nitrogens with one attached hydrogen (secondary N) is 1. The third-order valence-electron chi connectivity index (χ3n) is 4.32. The number of hydrogen-bond acceptors (Lipinski definition) is 5. The van der Waals surface area contributed by atoms with Crippen LogP contribution in [0.4, 0.5) is 0 Å². The van der Waals surface area contributed by atoms with Crippen LogP contribution in [0.3, 0.4) is 0 Å². The van der Waals surface area contributed by atoms with E-state index in [9.17, 15) is 13.2 Å². The molecule has 1 atom stereocenters. The van der Waals surface area contributed by atoms with Crippen molar-refractivity contribution in [3.63, 3.8) is 0 Å². The fourth-order valence-electron chi connectivity index (χ4n) is 3.00. The Morgan fingerprint density at radius 1 is 1.33 bits per heavy atom. The van der Waals surface area contributed by atoms with Gasteiger partial charge in [-0.15, -0.1) is 0 Å². The molecule has 1 saturated heterocycles. The van der Waals surface area contributed by atoms with Crippen LogP contribution in [0.1, 0.15) is 23.2 Å². The van der Waals surface area contributed by atoms with Crippen LogP contribution < -0.4 is 5.32 Å². The van der Waals surface area contributed by atoms with Gasteiger partial charge < -0.3 is 15.0 Å². The fourth-order valence-corrected chi connectivity index (χ4v) is 4.18. The molecule has 0 bridgehead atoms. The number of ether oxygens (including phenoxy) is 1. The Morgan fingerprint density at radius 2 is 2.04 bits per heavy atom. The van der Waals surface area contributed by atoms with E-state index in [-0.39, 0.29) is 23.2 Å². The second-order valence-corrected chi connectivity index (χ2v) is 8.26. The number of methoxy groups -OCH3 is 1. The smallest absolute Gasteiger partial charge is 0.253 e. The van der Waals surface area contributed by atoms with Crippen LogP contribution in [0.2, 0.25) is 0 Å². The molecule has 1 heterocycles. The Labute approximate surface area is 144 Å². The first-order valence-corrected chi connectivity index (χ1v) is 9.89. The van der Waals surface area contributed by atoms with Gasteiger partial charge in [0.05, 0.1) is 17.3 Å². The zero-order valence-corrected chi connectivity index (χ0v) is 15.1. The second-order valence-electron chi connectivity index (χ2n) is 6.15. The molecule has 1 aliphatic rings. The topological polar surface area (TPSA) is 75.7 Å². The van der Waals surface area contributed by atoms with Crippen molar-refractivity contribution in [3.8, 4) is 0 Å². The summed E-state index contributed by atoms with van der Waals surface area (Å²) in [5.41, 5.74) is 0.533. The Balaban J connectivity index is 2.06. The average Bonchev–Trinajstić information content (AvgIpc) is 2.60. The number of hydrogen-bond donors (Lipinski definition) is 1. The summed E-state index contributed by atoms with van der Waals surface area (Å²) in [4.78, 5) is 14.7. The molecule has 1 fully saturated rings. The third-order valence-corrected chi connectivity index (χ3v) is 6.01. The molecule has 1 N–H and O–H groups in total. The highest BCUT2D eigenvalue weighted by molar-refractivity contribution is 7.91. The van der Waals surface area contributed by atoms with Crippen LogP contribution in [0, 0.1) is 5.92 Å². The van der Waals surface area contributed by atoms with Crippen molar-refractivity contribution < 1.29 is 17.9 Å². The fraction of sp³-hybridized carbons (Fsp3) is 0.588. The van der Waals surface area contributed by atoms with Gasteiger partial charge in [0.1, 0.15) is 0 Å². The van der Waals surface area contributed by atoms with E-state index >= 15 is 0 Å². The van der Waals surface area contributed by atoms with Gasteiger partial charge in [-0.2, -0.15) is 0 Å². The lowest BCUT2D eigenvalue weighted by atomic mass is 9.97. The number of carbonyl (C=O) groups is 1. The largest absolute Gasteiger partial charge is 0.384 e. The first-order chi connectivity index (χ1) is 11.5. The minimum Gasteiger partial charge on any atom is -0.384 e. The number of likely N-dealkylation sites (tertiary alicyclic amines) is 1. The lowest BCUT2D eigenvalue weighted by molar-refractivity contribution is 0.0674. The van der Waals surface area contributed by atoms with E-state index in [4.69, 9.17) is 4.74 Å². The highest BCUT2D eigenvalue weighted by Crippen LogP contribution is 2.19. The van der Waals surface area contributed by atoms with Gasteiger partial charge in [0.15, 0.2) is 9.84 Å². The van der Waals surface area contributed by atoms with Crippen molar-refractivity contribution in [2.24, 2.45) is 5.92 Å². The highest BCUT2D eigenvalue weighted by Gasteiger charge is 2.24. The maximum Gasteiger partial charge on any atom is 0.253 e. The standard InChI is InChI=1S/C17H26N2O4S/c1-18-12-14-4-3-9-19(13-14)17(20)15-5-7-16(8-6-15)24(21,22)11-10-23-2/h5-8,14,18H,3-4,9-13H2,1-2H3. The van der Waals surface area contributed by atoms with Crippen LogP contribution in [-0.2, 0) is 14.6 Å². The molecule has 0 saturated carbocycles. The van der Waals surface area contributed by atoms with Gasteiger partial charge in [-0.25, -0.2) is 8.42 Å². The Kier molecular flexibility index (Phi) is 6.77. The van der Waals surface area contributed by atoms with E-state index in [1.807, 2.05) is 11.9 Å². The molecule has 0 aromatic heterocycles. The quantitative estimate of drug-likeness (QED) is 0.796. The summed E-state index contributed by atoms with van der Waals surface area (Å²) in [6.07, 6.45) is 2.13. The Morgan fingerprint density at radius 3 is 2.67 bits per heavy atom. The van der Waals surface area contributed by atoms with Crippen molar-refractivity contribution in [3.05, 3.63) is 29.8 Å². The Hall–Kier alpha value is -1.44. The number of sulfone groups is 1. The SMILES string of the molecule is CNCC1CCCN(C(=O)c2ccc(S(=O)(=O)CCOC)cc2)C1. The minimum atomic E-state index is -3.36. The summed E-state index contributed by atoms with van der Waals surface area (Å²) in [5, 5.41) is 3.16. The molecule has 1 amide bonds.